The number of hydrogen-bond donors (Lipinski definition) is 0. The van der Waals surface area contributed by atoms with E-state index < -0.39 is 5.41 Å². The highest BCUT2D eigenvalue weighted by atomic mass is 19.1. The molecule has 1 atom stereocenters. The van der Waals surface area contributed by atoms with Gasteiger partial charge in [-0.3, -0.25) is 9.59 Å². The number of likely N-dealkylation sites (tertiary alicyclic amines) is 2. The molecule has 0 radical (unpaired) electrons. The summed E-state index contributed by atoms with van der Waals surface area (Å²) in [6, 6.07) is 17.0. The van der Waals surface area contributed by atoms with Gasteiger partial charge in [0.15, 0.2) is 0 Å². The smallest absolute Gasteiger partial charge is 0.233 e. The molecule has 180 valence electrons. The van der Waals surface area contributed by atoms with Gasteiger partial charge in [0.2, 0.25) is 11.8 Å². The van der Waals surface area contributed by atoms with Crippen molar-refractivity contribution in [1.29, 1.82) is 0 Å². The predicted molar refractivity (Wildman–Crippen MR) is 131 cm³/mol. The lowest BCUT2D eigenvalue weighted by molar-refractivity contribution is -0.146. The number of nitrogens with zero attached hydrogens (tertiary/aromatic N) is 2. The second-order valence-corrected chi connectivity index (χ2v) is 10.7. The van der Waals surface area contributed by atoms with Gasteiger partial charge in [-0.15, -0.1) is 0 Å². The summed E-state index contributed by atoms with van der Waals surface area (Å²) in [6.07, 6.45) is 8.22. The maximum absolute atomic E-state index is 14.0. The van der Waals surface area contributed by atoms with Crippen molar-refractivity contribution in [3.8, 4) is 0 Å². The lowest BCUT2D eigenvalue weighted by atomic mass is 9.67. The Bertz CT molecular complexity index is 1020. The van der Waals surface area contributed by atoms with Gasteiger partial charge in [0, 0.05) is 26.2 Å². The lowest BCUT2D eigenvalue weighted by Crippen LogP contribution is -2.53. The Morgan fingerprint density at radius 1 is 0.941 bits per heavy atom. The van der Waals surface area contributed by atoms with Crippen molar-refractivity contribution in [3.63, 3.8) is 0 Å². The van der Waals surface area contributed by atoms with Crippen LogP contribution in [0.5, 0.6) is 0 Å². The van der Waals surface area contributed by atoms with Crippen molar-refractivity contribution in [2.45, 2.75) is 69.2 Å². The summed E-state index contributed by atoms with van der Waals surface area (Å²) in [4.78, 5) is 31.3. The first-order valence-corrected chi connectivity index (χ1v) is 12.8. The van der Waals surface area contributed by atoms with Crippen molar-refractivity contribution >= 4 is 11.8 Å². The minimum Gasteiger partial charge on any atom is -0.342 e. The van der Waals surface area contributed by atoms with Crippen LogP contribution in [0.15, 0.2) is 54.6 Å². The number of likely N-dealkylation sites (N-methyl/N-ethyl adjacent to an activating group) is 1. The molecule has 2 saturated heterocycles. The first-order chi connectivity index (χ1) is 16.4. The Labute approximate surface area is 202 Å². The molecule has 1 aliphatic carbocycles. The molecule has 2 aliphatic heterocycles. The fourth-order valence-corrected chi connectivity index (χ4v) is 6.71. The van der Waals surface area contributed by atoms with E-state index in [1.54, 1.807) is 0 Å². The fraction of sp³-hybridized carbons (Fsp3) is 0.517. The molecule has 3 aliphatic rings. The summed E-state index contributed by atoms with van der Waals surface area (Å²) >= 11 is 0. The highest BCUT2D eigenvalue weighted by molar-refractivity contribution is 5.89. The fourth-order valence-electron chi connectivity index (χ4n) is 6.71. The predicted octanol–water partition coefficient (Wildman–Crippen LogP) is 5.11. The molecular weight excluding hydrogens is 427 g/mol. The number of benzene rings is 2. The van der Waals surface area contributed by atoms with Crippen LogP contribution in [0, 0.1) is 11.2 Å². The standard InChI is InChI=1S/C29H35FN2O2/c1-31-25(20-22-10-12-24(30)13-11-22)21-28(26(31)33)16-18-32(19-17-28)27(34)29(14-6-3-7-15-29)23-8-4-2-5-9-23/h2,4-5,8-13,25H,3,6-7,14-21H2,1H3. The third kappa shape index (κ3) is 4.03. The van der Waals surface area contributed by atoms with Gasteiger partial charge >= 0.3 is 0 Å². The van der Waals surface area contributed by atoms with Crippen LogP contribution in [0.25, 0.3) is 0 Å². The van der Waals surface area contributed by atoms with Crippen LogP contribution in [-0.2, 0) is 21.4 Å². The Morgan fingerprint density at radius 3 is 2.24 bits per heavy atom. The molecule has 34 heavy (non-hydrogen) atoms. The second kappa shape index (κ2) is 9.16. The number of rotatable bonds is 4. The largest absolute Gasteiger partial charge is 0.342 e. The summed E-state index contributed by atoms with van der Waals surface area (Å²) in [7, 11) is 1.90. The Hall–Kier alpha value is -2.69. The van der Waals surface area contributed by atoms with E-state index in [4.69, 9.17) is 0 Å². The van der Waals surface area contributed by atoms with Crippen LogP contribution in [0.1, 0.15) is 62.5 Å². The summed E-state index contributed by atoms with van der Waals surface area (Å²) in [5.74, 6) is 0.233. The molecule has 4 nitrogen and oxygen atoms in total. The normalized spacial score (nSPS) is 23.9. The van der Waals surface area contributed by atoms with Gasteiger partial charge in [-0.25, -0.2) is 4.39 Å². The summed E-state index contributed by atoms with van der Waals surface area (Å²) < 4.78 is 13.3. The Morgan fingerprint density at radius 2 is 1.59 bits per heavy atom. The van der Waals surface area contributed by atoms with Gasteiger partial charge in [0.1, 0.15) is 5.82 Å². The molecule has 5 heteroatoms. The van der Waals surface area contributed by atoms with Crippen molar-refractivity contribution < 1.29 is 14.0 Å². The highest BCUT2D eigenvalue weighted by Crippen LogP contribution is 2.47. The van der Waals surface area contributed by atoms with E-state index in [1.807, 2.05) is 47.2 Å². The molecule has 1 saturated carbocycles. The number of halogens is 1. The number of carbonyl (C=O) groups is 2. The SMILES string of the molecule is CN1C(=O)C2(CCN(C(=O)C3(c4ccccc4)CCCCC3)CC2)CC1Cc1ccc(F)cc1. The van der Waals surface area contributed by atoms with Gasteiger partial charge in [0.05, 0.1) is 10.8 Å². The molecule has 3 fully saturated rings. The zero-order valence-corrected chi connectivity index (χ0v) is 20.1. The van der Waals surface area contributed by atoms with Crippen molar-refractivity contribution in [3.05, 3.63) is 71.5 Å². The lowest BCUT2D eigenvalue weighted by Gasteiger charge is -2.44. The summed E-state index contributed by atoms with van der Waals surface area (Å²) in [5, 5.41) is 0. The number of hydrogen-bond acceptors (Lipinski definition) is 2. The van der Waals surface area contributed by atoms with Crippen LogP contribution < -0.4 is 0 Å². The average molecular weight is 463 g/mol. The third-order valence-corrected chi connectivity index (χ3v) is 8.78. The van der Waals surface area contributed by atoms with E-state index in [-0.39, 0.29) is 29.1 Å². The molecule has 2 aromatic rings. The van der Waals surface area contributed by atoms with Crippen molar-refractivity contribution in [1.82, 2.24) is 9.80 Å². The zero-order valence-electron chi connectivity index (χ0n) is 20.1. The van der Waals surface area contributed by atoms with Crippen molar-refractivity contribution in [2.24, 2.45) is 5.41 Å². The average Bonchev–Trinajstić information content (AvgIpc) is 3.10. The first kappa shape index (κ1) is 23.1. The quantitative estimate of drug-likeness (QED) is 0.634. The van der Waals surface area contributed by atoms with Crippen LogP contribution in [0.3, 0.4) is 0 Å². The van der Waals surface area contributed by atoms with Gasteiger partial charge < -0.3 is 9.80 Å². The van der Waals surface area contributed by atoms with E-state index in [2.05, 4.69) is 12.1 Å². The second-order valence-electron chi connectivity index (χ2n) is 10.7. The monoisotopic (exact) mass is 462 g/mol. The molecule has 0 aromatic heterocycles. The van der Waals surface area contributed by atoms with E-state index in [0.29, 0.717) is 13.1 Å². The Balaban J connectivity index is 1.29. The summed E-state index contributed by atoms with van der Waals surface area (Å²) in [6.45, 7) is 1.30. The molecule has 1 unspecified atom stereocenters. The van der Waals surface area contributed by atoms with E-state index in [9.17, 15) is 14.0 Å². The maximum Gasteiger partial charge on any atom is 0.233 e. The van der Waals surface area contributed by atoms with Gasteiger partial charge in [-0.05, 0) is 61.8 Å². The van der Waals surface area contributed by atoms with E-state index >= 15 is 0 Å². The van der Waals surface area contributed by atoms with E-state index in [0.717, 1.165) is 62.5 Å². The minimum absolute atomic E-state index is 0.120. The van der Waals surface area contributed by atoms with Gasteiger partial charge in [-0.2, -0.15) is 0 Å². The van der Waals surface area contributed by atoms with Crippen molar-refractivity contribution in [2.75, 3.05) is 20.1 Å². The molecule has 1 spiro atoms. The van der Waals surface area contributed by atoms with Gasteiger partial charge in [-0.1, -0.05) is 61.7 Å². The topological polar surface area (TPSA) is 40.6 Å². The molecule has 2 heterocycles. The summed E-state index contributed by atoms with van der Waals surface area (Å²) in [5.41, 5.74) is 1.42. The molecular formula is C29H35FN2O2. The van der Waals surface area contributed by atoms with Crippen LogP contribution in [0.4, 0.5) is 4.39 Å². The third-order valence-electron chi connectivity index (χ3n) is 8.78. The number of carbonyl (C=O) groups excluding carboxylic acids is 2. The van der Waals surface area contributed by atoms with Crippen LogP contribution in [-0.4, -0.2) is 47.8 Å². The number of amides is 2. The Kier molecular flexibility index (Phi) is 6.22. The van der Waals surface area contributed by atoms with Gasteiger partial charge in [0.25, 0.3) is 0 Å². The molecule has 0 N–H and O–H groups in total. The van der Waals surface area contributed by atoms with Crippen LogP contribution >= 0.6 is 0 Å². The highest BCUT2D eigenvalue weighted by Gasteiger charge is 2.53. The van der Waals surface area contributed by atoms with Crippen LogP contribution in [0.2, 0.25) is 0 Å². The molecule has 2 aromatic carbocycles. The maximum atomic E-state index is 14.0. The minimum atomic E-state index is -0.411. The molecule has 2 amide bonds. The zero-order chi connectivity index (χ0) is 23.8. The van der Waals surface area contributed by atoms with E-state index in [1.165, 1.54) is 18.6 Å². The first-order valence-electron chi connectivity index (χ1n) is 12.8. The number of piperidine rings is 1. The molecule has 5 rings (SSSR count). The molecule has 0 bridgehead atoms.